The monoisotopic (exact) mass is 327 g/mol. The van der Waals surface area contributed by atoms with Crippen LogP contribution in [-0.2, 0) is 9.84 Å². The van der Waals surface area contributed by atoms with Crippen LogP contribution >= 0.6 is 0 Å². The zero-order chi connectivity index (χ0) is 16.4. The summed E-state index contributed by atoms with van der Waals surface area (Å²) in [6.07, 6.45) is 5.05. The van der Waals surface area contributed by atoms with Gasteiger partial charge in [0.2, 0.25) is 0 Å². The first kappa shape index (κ1) is 15.4. The average Bonchev–Trinajstić information content (AvgIpc) is 3.04. The Morgan fingerprint density at radius 2 is 1.30 bits per heavy atom. The van der Waals surface area contributed by atoms with E-state index in [2.05, 4.69) is 4.98 Å². The summed E-state index contributed by atoms with van der Waals surface area (Å²) in [6, 6.07) is 14.7. The molecule has 0 saturated heterocycles. The van der Waals surface area contributed by atoms with Gasteiger partial charge in [0.25, 0.3) is 0 Å². The summed E-state index contributed by atoms with van der Waals surface area (Å²) in [7, 11) is -1.54. The third-order valence-corrected chi connectivity index (χ3v) is 4.87. The van der Waals surface area contributed by atoms with Gasteiger partial charge in [0, 0.05) is 29.8 Å². The topological polar surface area (TPSA) is 59.2 Å². The Labute approximate surface area is 135 Å². The van der Waals surface area contributed by atoms with Crippen LogP contribution in [0.3, 0.4) is 0 Å². The number of hydrogen-bond acceptors (Lipinski definition) is 3. The minimum absolute atomic E-state index is 0.322. The summed E-state index contributed by atoms with van der Waals surface area (Å²) in [5.74, 6) is 0.809. The number of rotatable bonds is 4. The van der Waals surface area contributed by atoms with Crippen LogP contribution in [0.1, 0.15) is 0 Å². The van der Waals surface area contributed by atoms with E-state index in [1.165, 1.54) is 6.26 Å². The van der Waals surface area contributed by atoms with E-state index in [4.69, 9.17) is 4.74 Å². The molecule has 0 amide bonds. The smallest absolute Gasteiger partial charge is 0.175 e. The molecule has 3 rings (SSSR count). The molecule has 0 fully saturated rings. The second-order valence-corrected chi connectivity index (χ2v) is 7.32. The van der Waals surface area contributed by atoms with Crippen LogP contribution in [-0.4, -0.2) is 26.8 Å². The van der Waals surface area contributed by atoms with Gasteiger partial charge in [-0.05, 0) is 35.4 Å². The van der Waals surface area contributed by atoms with Crippen molar-refractivity contribution in [1.29, 1.82) is 0 Å². The van der Waals surface area contributed by atoms with Crippen LogP contribution in [0.25, 0.3) is 22.3 Å². The van der Waals surface area contributed by atoms with Crippen LogP contribution in [0.5, 0.6) is 5.75 Å². The summed E-state index contributed by atoms with van der Waals surface area (Å²) in [5.41, 5.74) is 4.11. The second kappa shape index (κ2) is 5.93. The van der Waals surface area contributed by atoms with Gasteiger partial charge in [0.1, 0.15) is 5.75 Å². The molecule has 0 unspecified atom stereocenters. The predicted molar refractivity (Wildman–Crippen MR) is 91.3 cm³/mol. The van der Waals surface area contributed by atoms with E-state index in [0.29, 0.717) is 4.90 Å². The first-order valence-electron chi connectivity index (χ1n) is 7.11. The van der Waals surface area contributed by atoms with Crippen molar-refractivity contribution in [2.45, 2.75) is 4.90 Å². The van der Waals surface area contributed by atoms with Gasteiger partial charge in [0.15, 0.2) is 9.84 Å². The number of ether oxygens (including phenoxy) is 1. The molecule has 2 aromatic carbocycles. The average molecular weight is 327 g/mol. The van der Waals surface area contributed by atoms with Crippen molar-refractivity contribution >= 4 is 9.84 Å². The molecule has 118 valence electrons. The van der Waals surface area contributed by atoms with Crippen LogP contribution in [0.2, 0.25) is 0 Å². The number of methoxy groups -OCH3 is 1. The molecule has 3 aromatic rings. The molecule has 0 aliphatic carbocycles. The van der Waals surface area contributed by atoms with E-state index in [9.17, 15) is 8.42 Å². The van der Waals surface area contributed by atoms with E-state index in [1.807, 2.05) is 48.8 Å². The van der Waals surface area contributed by atoms with Gasteiger partial charge in [-0.2, -0.15) is 0 Å². The van der Waals surface area contributed by atoms with Crippen molar-refractivity contribution < 1.29 is 13.2 Å². The van der Waals surface area contributed by atoms with Crippen molar-refractivity contribution in [2.75, 3.05) is 13.4 Å². The van der Waals surface area contributed by atoms with E-state index >= 15 is 0 Å². The lowest BCUT2D eigenvalue weighted by molar-refractivity contribution is 0.415. The highest BCUT2D eigenvalue weighted by atomic mass is 32.2. The quantitative estimate of drug-likeness (QED) is 0.794. The van der Waals surface area contributed by atoms with Gasteiger partial charge in [-0.1, -0.05) is 24.3 Å². The molecule has 0 radical (unpaired) electrons. The molecule has 0 bridgehead atoms. The Kier molecular flexibility index (Phi) is 3.96. The summed E-state index contributed by atoms with van der Waals surface area (Å²) < 4.78 is 28.3. The predicted octanol–water partition coefficient (Wildman–Crippen LogP) is 3.76. The Morgan fingerprint density at radius 1 is 0.826 bits per heavy atom. The Morgan fingerprint density at radius 3 is 1.74 bits per heavy atom. The van der Waals surface area contributed by atoms with Crippen molar-refractivity contribution in [3.63, 3.8) is 0 Å². The van der Waals surface area contributed by atoms with Gasteiger partial charge >= 0.3 is 0 Å². The lowest BCUT2D eigenvalue weighted by Gasteiger charge is -2.07. The molecule has 23 heavy (non-hydrogen) atoms. The van der Waals surface area contributed by atoms with Crippen LogP contribution < -0.4 is 4.74 Å². The van der Waals surface area contributed by atoms with E-state index in [0.717, 1.165) is 28.0 Å². The van der Waals surface area contributed by atoms with Crippen LogP contribution in [0.15, 0.2) is 65.8 Å². The highest BCUT2D eigenvalue weighted by Gasteiger charge is 2.11. The first-order chi connectivity index (χ1) is 11.0. The lowest BCUT2D eigenvalue weighted by atomic mass is 9.99. The molecular weight excluding hydrogens is 310 g/mol. The largest absolute Gasteiger partial charge is 0.497 e. The molecular formula is C18H17NO3S. The fraction of sp³-hybridized carbons (Fsp3) is 0.111. The summed E-state index contributed by atoms with van der Waals surface area (Å²) in [5, 5.41) is 0. The Bertz CT molecular complexity index is 908. The number of benzene rings is 2. The molecule has 1 aromatic heterocycles. The van der Waals surface area contributed by atoms with E-state index in [1.54, 1.807) is 19.2 Å². The van der Waals surface area contributed by atoms with E-state index < -0.39 is 9.84 Å². The molecule has 4 nitrogen and oxygen atoms in total. The van der Waals surface area contributed by atoms with Gasteiger partial charge in [-0.25, -0.2) is 8.42 Å². The van der Waals surface area contributed by atoms with Crippen molar-refractivity contribution in [3.05, 3.63) is 60.9 Å². The third kappa shape index (κ3) is 3.14. The lowest BCUT2D eigenvalue weighted by Crippen LogP contribution is -1.96. The van der Waals surface area contributed by atoms with Crippen LogP contribution in [0.4, 0.5) is 0 Å². The molecule has 0 aliphatic heterocycles. The highest BCUT2D eigenvalue weighted by molar-refractivity contribution is 7.90. The zero-order valence-corrected chi connectivity index (χ0v) is 13.7. The highest BCUT2D eigenvalue weighted by Crippen LogP contribution is 2.33. The molecule has 5 heteroatoms. The van der Waals surface area contributed by atoms with Crippen molar-refractivity contribution in [3.8, 4) is 28.0 Å². The van der Waals surface area contributed by atoms with Gasteiger partial charge in [-0.3, -0.25) is 0 Å². The minimum Gasteiger partial charge on any atom is -0.497 e. The van der Waals surface area contributed by atoms with Gasteiger partial charge in [-0.15, -0.1) is 0 Å². The molecule has 1 heterocycles. The summed E-state index contributed by atoms with van der Waals surface area (Å²) in [6.45, 7) is 0. The molecule has 0 saturated carbocycles. The number of sulfone groups is 1. The maximum absolute atomic E-state index is 11.6. The molecule has 1 N–H and O–H groups in total. The third-order valence-electron chi connectivity index (χ3n) is 3.74. The molecule has 0 spiro atoms. The Hall–Kier alpha value is -2.53. The summed E-state index contributed by atoms with van der Waals surface area (Å²) >= 11 is 0. The second-order valence-electron chi connectivity index (χ2n) is 5.31. The number of aromatic amines is 1. The van der Waals surface area contributed by atoms with Gasteiger partial charge < -0.3 is 9.72 Å². The fourth-order valence-corrected chi connectivity index (χ4v) is 3.12. The van der Waals surface area contributed by atoms with E-state index in [-0.39, 0.29) is 0 Å². The van der Waals surface area contributed by atoms with Crippen molar-refractivity contribution in [2.24, 2.45) is 0 Å². The first-order valence-corrected chi connectivity index (χ1v) is 9.00. The molecule has 0 atom stereocenters. The maximum Gasteiger partial charge on any atom is 0.175 e. The molecule has 0 aliphatic rings. The summed E-state index contributed by atoms with van der Waals surface area (Å²) in [4.78, 5) is 3.44. The standard InChI is InChI=1S/C18H17NO3S/c1-22-15-7-3-13(4-8-15)17-11-19-12-18(17)14-5-9-16(10-6-14)23(2,20)21/h3-12,19H,1-2H3. The zero-order valence-electron chi connectivity index (χ0n) is 12.9. The normalized spacial score (nSPS) is 11.4. The fourth-order valence-electron chi connectivity index (χ4n) is 2.49. The minimum atomic E-state index is -3.18. The number of hydrogen-bond donors (Lipinski definition) is 1. The maximum atomic E-state index is 11.6. The van der Waals surface area contributed by atoms with Gasteiger partial charge in [0.05, 0.1) is 12.0 Å². The number of nitrogens with one attached hydrogen (secondary N) is 1. The number of aromatic nitrogens is 1. The van der Waals surface area contributed by atoms with Crippen LogP contribution in [0, 0.1) is 0 Å². The number of H-pyrrole nitrogens is 1. The Balaban J connectivity index is 2.00. The van der Waals surface area contributed by atoms with Crippen molar-refractivity contribution in [1.82, 2.24) is 4.98 Å². The SMILES string of the molecule is COc1ccc(-c2c[nH]cc2-c2ccc(S(C)(=O)=O)cc2)cc1.